The minimum Gasteiger partial charge on any atom is -0.496 e. The van der Waals surface area contributed by atoms with E-state index in [0.29, 0.717) is 52.5 Å². The lowest BCUT2D eigenvalue weighted by Gasteiger charge is -2.18. The summed E-state index contributed by atoms with van der Waals surface area (Å²) in [4.78, 5) is 31.7. The smallest absolute Gasteiger partial charge is 0.282 e. The highest BCUT2D eigenvalue weighted by molar-refractivity contribution is 5.92. The summed E-state index contributed by atoms with van der Waals surface area (Å²) in [5.74, 6) is 1.96. The molecular formula is C40H42N4O5. The van der Waals surface area contributed by atoms with Crippen molar-refractivity contribution in [2.45, 2.75) is 47.0 Å². The van der Waals surface area contributed by atoms with E-state index in [1.807, 2.05) is 81.4 Å². The van der Waals surface area contributed by atoms with Gasteiger partial charge in [0.15, 0.2) is 23.9 Å². The average molecular weight is 659 g/mol. The molecule has 0 aliphatic carbocycles. The molecule has 1 aromatic heterocycles. The fourth-order valence-electron chi connectivity index (χ4n) is 5.56. The quantitative estimate of drug-likeness (QED) is 0.102. The first-order valence-electron chi connectivity index (χ1n) is 16.3. The molecule has 9 nitrogen and oxygen atoms in total. The number of anilines is 1. The Morgan fingerprint density at radius 3 is 2.47 bits per heavy atom. The second-order valence-corrected chi connectivity index (χ2v) is 12.0. The van der Waals surface area contributed by atoms with E-state index in [4.69, 9.17) is 24.3 Å². The third-order valence-corrected chi connectivity index (χ3v) is 8.02. The van der Waals surface area contributed by atoms with E-state index in [1.165, 1.54) is 4.68 Å². The molecule has 9 heteroatoms. The van der Waals surface area contributed by atoms with Crippen LogP contribution in [0.5, 0.6) is 17.2 Å². The summed E-state index contributed by atoms with van der Waals surface area (Å²) < 4.78 is 19.0. The highest BCUT2D eigenvalue weighted by Gasteiger charge is 2.19. The molecule has 0 fully saturated rings. The number of nitrogens with zero attached hydrogens (tertiary/aromatic N) is 3. The number of para-hydroxylation sites is 1. The molecule has 0 unspecified atom stereocenters. The lowest BCUT2D eigenvalue weighted by atomic mass is 9.96. The van der Waals surface area contributed by atoms with Gasteiger partial charge in [0, 0.05) is 16.8 Å². The van der Waals surface area contributed by atoms with E-state index < -0.39 is 0 Å². The van der Waals surface area contributed by atoms with E-state index in [0.717, 1.165) is 33.6 Å². The third-order valence-electron chi connectivity index (χ3n) is 8.02. The Labute approximate surface area is 286 Å². The Balaban J connectivity index is 1.56. The van der Waals surface area contributed by atoms with Crippen LogP contribution in [0.25, 0.3) is 22.3 Å². The van der Waals surface area contributed by atoms with Crippen LogP contribution in [0.15, 0.2) is 95.3 Å². The van der Waals surface area contributed by atoms with Crippen molar-refractivity contribution in [2.24, 2.45) is 5.10 Å². The van der Waals surface area contributed by atoms with Gasteiger partial charge in [-0.05, 0) is 98.3 Å². The number of methoxy groups -OCH3 is 1. The van der Waals surface area contributed by atoms with Gasteiger partial charge >= 0.3 is 0 Å². The first-order valence-corrected chi connectivity index (χ1v) is 16.3. The Morgan fingerprint density at radius 1 is 1.02 bits per heavy atom. The number of aryl methyl sites for hydroxylation is 2. The van der Waals surface area contributed by atoms with Crippen molar-refractivity contribution in [3.05, 3.63) is 124 Å². The number of allylic oxidation sites excluding steroid dienone is 1. The minimum atomic E-state index is -0.299. The van der Waals surface area contributed by atoms with Crippen molar-refractivity contribution in [1.82, 2.24) is 9.66 Å². The zero-order valence-electron chi connectivity index (χ0n) is 28.9. The van der Waals surface area contributed by atoms with E-state index in [9.17, 15) is 9.59 Å². The van der Waals surface area contributed by atoms with Crippen LogP contribution in [-0.2, 0) is 11.2 Å². The van der Waals surface area contributed by atoms with Gasteiger partial charge in [-0.3, -0.25) is 9.59 Å². The number of carbonyl (C=O) groups excluding carboxylic acids is 1. The van der Waals surface area contributed by atoms with Crippen LogP contribution >= 0.6 is 0 Å². The Hall–Kier alpha value is -5.70. The zero-order valence-corrected chi connectivity index (χ0v) is 28.9. The molecule has 0 spiro atoms. The summed E-state index contributed by atoms with van der Waals surface area (Å²) in [7, 11) is 1.66. The summed E-state index contributed by atoms with van der Waals surface area (Å²) in [5, 5.41) is 8.03. The van der Waals surface area contributed by atoms with Crippen LogP contribution < -0.4 is 25.1 Å². The Bertz CT molecular complexity index is 2080. The standard InChI is InChI=1S/C40H42N4O5/c1-8-12-29-20-28(21-36(48-9-2)38(29)49-24-37(45)42-30-17-15-26(5)16-18-30)23-41-44-39(43-34-14-11-10-13-31(34)40(44)46)33-22-32(25(3)4)35(47-7)19-27(33)6/h8,10-11,13-23,25H,1,9,12,24H2,2-7H3,(H,42,45). The summed E-state index contributed by atoms with van der Waals surface area (Å²) >= 11 is 0. The average Bonchev–Trinajstić information content (AvgIpc) is 3.08. The van der Waals surface area contributed by atoms with Gasteiger partial charge in [0.1, 0.15) is 5.75 Å². The van der Waals surface area contributed by atoms with Crippen molar-refractivity contribution in [2.75, 3.05) is 25.6 Å². The van der Waals surface area contributed by atoms with Crippen LogP contribution in [0.1, 0.15) is 54.5 Å². The highest BCUT2D eigenvalue weighted by atomic mass is 16.5. The lowest BCUT2D eigenvalue weighted by Crippen LogP contribution is -2.21. The van der Waals surface area contributed by atoms with Gasteiger partial charge in [-0.25, -0.2) is 4.98 Å². The van der Waals surface area contributed by atoms with Crippen molar-refractivity contribution in [3.63, 3.8) is 0 Å². The number of hydrogen-bond donors (Lipinski definition) is 1. The predicted octanol–water partition coefficient (Wildman–Crippen LogP) is 7.84. The third kappa shape index (κ3) is 7.89. The number of carbonyl (C=O) groups is 1. The molecule has 0 saturated heterocycles. The first kappa shape index (κ1) is 34.6. The molecule has 1 heterocycles. The normalized spacial score (nSPS) is 11.2. The summed E-state index contributed by atoms with van der Waals surface area (Å²) in [5.41, 5.74) is 6.16. The molecule has 49 heavy (non-hydrogen) atoms. The molecule has 1 N–H and O–H groups in total. The maximum Gasteiger partial charge on any atom is 0.282 e. The SMILES string of the molecule is C=CCc1cc(C=Nn2c(-c3cc(C(C)C)c(OC)cc3C)nc3ccccc3c2=O)cc(OCC)c1OCC(=O)Nc1ccc(C)cc1. The molecule has 252 valence electrons. The summed E-state index contributed by atoms with van der Waals surface area (Å²) in [6.07, 6.45) is 3.80. The first-order chi connectivity index (χ1) is 23.6. The molecule has 4 aromatic carbocycles. The van der Waals surface area contributed by atoms with E-state index in [1.54, 1.807) is 31.5 Å². The van der Waals surface area contributed by atoms with Crippen LogP contribution in [0.3, 0.4) is 0 Å². The molecule has 0 atom stereocenters. The second-order valence-electron chi connectivity index (χ2n) is 12.0. The molecule has 0 radical (unpaired) electrons. The molecule has 5 rings (SSSR count). The van der Waals surface area contributed by atoms with Crippen LogP contribution in [-0.4, -0.2) is 42.1 Å². The Morgan fingerprint density at radius 2 is 1.78 bits per heavy atom. The minimum absolute atomic E-state index is 0.174. The van der Waals surface area contributed by atoms with Crippen molar-refractivity contribution in [3.8, 4) is 28.6 Å². The Kier molecular flexibility index (Phi) is 10.9. The summed E-state index contributed by atoms with van der Waals surface area (Å²) in [6.45, 7) is 14.1. The van der Waals surface area contributed by atoms with Crippen LogP contribution in [0.4, 0.5) is 5.69 Å². The fourth-order valence-corrected chi connectivity index (χ4v) is 5.56. The van der Waals surface area contributed by atoms with Crippen LogP contribution in [0, 0.1) is 13.8 Å². The number of amides is 1. The molecule has 0 aliphatic rings. The number of ether oxygens (including phenoxy) is 3. The maximum atomic E-state index is 14.0. The van der Waals surface area contributed by atoms with E-state index in [-0.39, 0.29) is 24.0 Å². The number of fused-ring (bicyclic) bond motifs is 1. The van der Waals surface area contributed by atoms with Crippen molar-refractivity contribution in [1.29, 1.82) is 0 Å². The summed E-state index contributed by atoms with van der Waals surface area (Å²) in [6, 6.07) is 22.4. The maximum absolute atomic E-state index is 14.0. The number of rotatable bonds is 13. The van der Waals surface area contributed by atoms with E-state index >= 15 is 0 Å². The fraction of sp³-hybridized carbons (Fsp3) is 0.250. The molecule has 0 aliphatic heterocycles. The topological polar surface area (TPSA) is 104 Å². The van der Waals surface area contributed by atoms with Crippen molar-refractivity contribution < 1.29 is 19.0 Å². The lowest BCUT2D eigenvalue weighted by molar-refractivity contribution is -0.118. The predicted molar refractivity (Wildman–Crippen MR) is 197 cm³/mol. The van der Waals surface area contributed by atoms with Gasteiger partial charge in [0.05, 0.1) is 30.8 Å². The van der Waals surface area contributed by atoms with Gasteiger partial charge in [-0.2, -0.15) is 9.78 Å². The molecule has 5 aromatic rings. The van der Waals surface area contributed by atoms with Crippen LogP contribution in [0.2, 0.25) is 0 Å². The van der Waals surface area contributed by atoms with Gasteiger partial charge in [0.25, 0.3) is 11.5 Å². The number of nitrogens with one attached hydrogen (secondary N) is 1. The number of benzene rings is 4. The number of aromatic nitrogens is 2. The largest absolute Gasteiger partial charge is 0.496 e. The molecule has 0 saturated carbocycles. The molecule has 0 bridgehead atoms. The second kappa shape index (κ2) is 15.5. The van der Waals surface area contributed by atoms with Gasteiger partial charge in [0.2, 0.25) is 0 Å². The monoisotopic (exact) mass is 658 g/mol. The van der Waals surface area contributed by atoms with Gasteiger partial charge < -0.3 is 19.5 Å². The van der Waals surface area contributed by atoms with Gasteiger partial charge in [-0.15, -0.1) is 6.58 Å². The van der Waals surface area contributed by atoms with E-state index in [2.05, 4.69) is 25.7 Å². The van der Waals surface area contributed by atoms with Gasteiger partial charge in [-0.1, -0.05) is 49.8 Å². The molecule has 1 amide bonds. The zero-order chi connectivity index (χ0) is 35.1. The van der Waals surface area contributed by atoms with Crippen molar-refractivity contribution >= 4 is 28.7 Å². The molecular weight excluding hydrogens is 616 g/mol. The highest BCUT2D eigenvalue weighted by Crippen LogP contribution is 2.35. The number of hydrogen-bond acceptors (Lipinski definition) is 7.